The first-order valence-electron chi connectivity index (χ1n) is 3.85. The summed E-state index contributed by atoms with van der Waals surface area (Å²) in [6.45, 7) is 4.28. The Bertz CT molecular complexity index is 273. The summed E-state index contributed by atoms with van der Waals surface area (Å²) in [5.74, 6) is 1.14. The van der Waals surface area contributed by atoms with Gasteiger partial charge in [0.15, 0.2) is 0 Å². The molecule has 0 unspecified atom stereocenters. The molecule has 0 radical (unpaired) electrons. The number of aromatic nitrogens is 1. The van der Waals surface area contributed by atoms with E-state index in [9.17, 15) is 0 Å². The average Bonchev–Trinajstić information content (AvgIpc) is 2.04. The molecule has 0 atom stereocenters. The summed E-state index contributed by atoms with van der Waals surface area (Å²) in [6, 6.07) is 2.00. The molecule has 2 nitrogen and oxygen atoms in total. The molecule has 1 aromatic rings. The van der Waals surface area contributed by atoms with Gasteiger partial charge in [-0.2, -0.15) is 0 Å². The van der Waals surface area contributed by atoms with Crippen molar-refractivity contribution in [3.63, 3.8) is 0 Å². The third-order valence-corrected chi connectivity index (χ3v) is 2.50. The van der Waals surface area contributed by atoms with Gasteiger partial charge in [0.25, 0.3) is 0 Å². The second kappa shape index (κ2) is 3.90. The number of hydrogen-bond donors (Lipinski definition) is 0. The van der Waals surface area contributed by atoms with Crippen LogP contribution in [0.2, 0.25) is 0 Å². The summed E-state index contributed by atoms with van der Waals surface area (Å²) in [5, 5.41) is 0. The van der Waals surface area contributed by atoms with Gasteiger partial charge in [0.05, 0.1) is 11.6 Å². The zero-order valence-corrected chi connectivity index (χ0v) is 9.05. The zero-order chi connectivity index (χ0) is 9.14. The molecule has 0 N–H and O–H groups in total. The Morgan fingerprint density at radius 3 is 2.67 bits per heavy atom. The van der Waals surface area contributed by atoms with Crippen LogP contribution in [0.4, 0.5) is 0 Å². The Morgan fingerprint density at radius 2 is 2.17 bits per heavy atom. The van der Waals surface area contributed by atoms with Crippen molar-refractivity contribution in [1.29, 1.82) is 0 Å². The summed E-state index contributed by atoms with van der Waals surface area (Å²) in [4.78, 5) is 4.07. The maximum absolute atomic E-state index is 5.08. The monoisotopic (exact) mass is 229 g/mol. The second-order valence-corrected chi connectivity index (χ2v) is 3.67. The lowest BCUT2D eigenvalue weighted by molar-refractivity contribution is 0.394. The van der Waals surface area contributed by atoms with Crippen molar-refractivity contribution in [3.8, 4) is 5.88 Å². The van der Waals surface area contributed by atoms with Crippen LogP contribution in [0.1, 0.15) is 25.3 Å². The first-order valence-corrected chi connectivity index (χ1v) is 4.64. The molecular formula is C9H12BrNO. The van der Waals surface area contributed by atoms with Crippen molar-refractivity contribution < 1.29 is 4.74 Å². The second-order valence-electron chi connectivity index (χ2n) is 2.88. The van der Waals surface area contributed by atoms with Gasteiger partial charge in [0.2, 0.25) is 5.88 Å². The summed E-state index contributed by atoms with van der Waals surface area (Å²) >= 11 is 3.45. The van der Waals surface area contributed by atoms with Gasteiger partial charge in [-0.3, -0.25) is 0 Å². The van der Waals surface area contributed by atoms with Gasteiger partial charge >= 0.3 is 0 Å². The third-order valence-electron chi connectivity index (χ3n) is 1.70. The lowest BCUT2D eigenvalue weighted by Gasteiger charge is -2.09. The average molecular weight is 230 g/mol. The van der Waals surface area contributed by atoms with Crippen molar-refractivity contribution in [2.24, 2.45) is 0 Å². The first kappa shape index (κ1) is 9.52. The molecule has 0 spiro atoms. The molecule has 1 heterocycles. The number of nitrogens with zero attached hydrogens (tertiary/aromatic N) is 1. The number of hydrogen-bond acceptors (Lipinski definition) is 2. The molecule has 0 aliphatic rings. The molecule has 0 aliphatic heterocycles. The smallest absolute Gasteiger partial charge is 0.227 e. The minimum Gasteiger partial charge on any atom is -0.480 e. The number of halogens is 1. The van der Waals surface area contributed by atoms with Crippen molar-refractivity contribution >= 4 is 15.9 Å². The zero-order valence-electron chi connectivity index (χ0n) is 7.47. The van der Waals surface area contributed by atoms with Crippen LogP contribution in [0.3, 0.4) is 0 Å². The number of methoxy groups -OCH3 is 1. The first-order chi connectivity index (χ1) is 5.66. The molecule has 0 aliphatic carbocycles. The highest BCUT2D eigenvalue weighted by atomic mass is 79.9. The molecule has 3 heteroatoms. The predicted molar refractivity (Wildman–Crippen MR) is 52.6 cm³/mol. The fourth-order valence-electron chi connectivity index (χ4n) is 1.03. The molecule has 0 aromatic carbocycles. The Morgan fingerprint density at radius 1 is 1.50 bits per heavy atom. The molecule has 0 saturated carbocycles. The normalized spacial score (nSPS) is 10.4. The highest BCUT2D eigenvalue weighted by Gasteiger charge is 2.09. The quantitative estimate of drug-likeness (QED) is 0.779. The fraction of sp³-hybridized carbons (Fsp3) is 0.444. The van der Waals surface area contributed by atoms with Gasteiger partial charge in [0, 0.05) is 6.20 Å². The minimum atomic E-state index is 0.483. The minimum absolute atomic E-state index is 0.483. The van der Waals surface area contributed by atoms with E-state index in [4.69, 9.17) is 4.74 Å². The Kier molecular flexibility index (Phi) is 3.09. The van der Waals surface area contributed by atoms with Crippen LogP contribution >= 0.6 is 15.9 Å². The molecule has 0 saturated heterocycles. The van der Waals surface area contributed by atoms with E-state index in [1.54, 1.807) is 13.3 Å². The van der Waals surface area contributed by atoms with Crippen LogP contribution in [-0.2, 0) is 0 Å². The van der Waals surface area contributed by atoms with Gasteiger partial charge in [-0.15, -0.1) is 0 Å². The van der Waals surface area contributed by atoms with Gasteiger partial charge in [-0.05, 0) is 33.5 Å². The number of rotatable bonds is 2. The summed E-state index contributed by atoms with van der Waals surface area (Å²) in [6.07, 6.45) is 1.76. The van der Waals surface area contributed by atoms with E-state index in [0.717, 1.165) is 4.47 Å². The highest BCUT2D eigenvalue weighted by molar-refractivity contribution is 9.10. The van der Waals surface area contributed by atoms with E-state index in [1.807, 2.05) is 6.07 Å². The van der Waals surface area contributed by atoms with E-state index in [-0.39, 0.29) is 0 Å². The molecule has 1 aromatic heterocycles. The van der Waals surface area contributed by atoms with E-state index < -0.39 is 0 Å². The Labute approximate surface area is 81.1 Å². The van der Waals surface area contributed by atoms with Crippen LogP contribution < -0.4 is 4.74 Å². The van der Waals surface area contributed by atoms with Crippen LogP contribution in [0.5, 0.6) is 5.88 Å². The van der Waals surface area contributed by atoms with E-state index in [2.05, 4.69) is 34.8 Å². The SMILES string of the molecule is COc1nccc(C(C)C)c1Br. The summed E-state index contributed by atoms with van der Waals surface area (Å²) in [5.41, 5.74) is 1.22. The molecule has 0 amide bonds. The molecular weight excluding hydrogens is 218 g/mol. The fourth-order valence-corrected chi connectivity index (χ4v) is 1.88. The van der Waals surface area contributed by atoms with Crippen molar-refractivity contribution in [3.05, 3.63) is 22.3 Å². The lowest BCUT2D eigenvalue weighted by Crippen LogP contribution is -1.94. The maximum Gasteiger partial charge on any atom is 0.227 e. The predicted octanol–water partition coefficient (Wildman–Crippen LogP) is 2.98. The van der Waals surface area contributed by atoms with E-state index >= 15 is 0 Å². The number of pyridine rings is 1. The highest BCUT2D eigenvalue weighted by Crippen LogP contribution is 2.30. The van der Waals surface area contributed by atoms with Crippen molar-refractivity contribution in [2.75, 3.05) is 7.11 Å². The lowest BCUT2D eigenvalue weighted by atomic mass is 10.1. The van der Waals surface area contributed by atoms with Crippen molar-refractivity contribution in [1.82, 2.24) is 4.98 Å². The standard InChI is InChI=1S/C9H12BrNO/c1-6(2)7-4-5-11-9(12-3)8(7)10/h4-6H,1-3H3. The van der Waals surface area contributed by atoms with Crippen molar-refractivity contribution in [2.45, 2.75) is 19.8 Å². The van der Waals surface area contributed by atoms with Crippen LogP contribution in [0.25, 0.3) is 0 Å². The third kappa shape index (κ3) is 1.78. The molecule has 66 valence electrons. The maximum atomic E-state index is 5.08. The van der Waals surface area contributed by atoms with Gasteiger partial charge in [-0.25, -0.2) is 4.98 Å². The van der Waals surface area contributed by atoms with Gasteiger partial charge in [-0.1, -0.05) is 13.8 Å². The summed E-state index contributed by atoms with van der Waals surface area (Å²) in [7, 11) is 1.62. The Hall–Kier alpha value is -0.570. The van der Waals surface area contributed by atoms with Crippen LogP contribution in [-0.4, -0.2) is 12.1 Å². The van der Waals surface area contributed by atoms with Crippen LogP contribution in [0.15, 0.2) is 16.7 Å². The largest absolute Gasteiger partial charge is 0.480 e. The molecule has 12 heavy (non-hydrogen) atoms. The Balaban J connectivity index is 3.14. The summed E-state index contributed by atoms with van der Waals surface area (Å²) < 4.78 is 6.04. The molecule has 0 fully saturated rings. The molecule has 0 bridgehead atoms. The van der Waals surface area contributed by atoms with Gasteiger partial charge < -0.3 is 4.74 Å². The van der Waals surface area contributed by atoms with E-state index in [0.29, 0.717) is 11.8 Å². The topological polar surface area (TPSA) is 22.1 Å². The number of ether oxygens (including phenoxy) is 1. The van der Waals surface area contributed by atoms with Gasteiger partial charge in [0.1, 0.15) is 0 Å². The molecule has 1 rings (SSSR count). The van der Waals surface area contributed by atoms with E-state index in [1.165, 1.54) is 5.56 Å². The van der Waals surface area contributed by atoms with Crippen LogP contribution in [0, 0.1) is 0 Å².